The molecule has 0 aromatic heterocycles. The van der Waals surface area contributed by atoms with Crippen LogP contribution in [0.3, 0.4) is 0 Å². The zero-order chi connectivity index (χ0) is 15.0. The highest BCUT2D eigenvalue weighted by atomic mass is 32.2. The first kappa shape index (κ1) is 17.8. The summed E-state index contributed by atoms with van der Waals surface area (Å²) in [6.07, 6.45) is 2.51. The molecule has 1 heterocycles. The number of nitrogens with one attached hydrogen (secondary N) is 1. The van der Waals surface area contributed by atoms with Gasteiger partial charge in [-0.25, -0.2) is 0 Å². The highest BCUT2D eigenvalue weighted by Gasteiger charge is 2.33. The Balaban J connectivity index is 2.89. The van der Waals surface area contributed by atoms with Crippen molar-refractivity contribution in [2.75, 3.05) is 46.4 Å². The summed E-state index contributed by atoms with van der Waals surface area (Å²) in [6.45, 7) is 7.68. The summed E-state index contributed by atoms with van der Waals surface area (Å²) in [5.41, 5.74) is 0. The van der Waals surface area contributed by atoms with Gasteiger partial charge in [-0.3, -0.25) is 0 Å². The zero-order valence-electron chi connectivity index (χ0n) is 13.0. The van der Waals surface area contributed by atoms with Gasteiger partial charge in [-0.2, -0.15) is 17.0 Å². The maximum Gasteiger partial charge on any atom is 0.282 e. The molecule has 0 atom stereocenters. The second-order valence-electron chi connectivity index (χ2n) is 5.08. The van der Waals surface area contributed by atoms with Crippen LogP contribution >= 0.6 is 0 Å². The van der Waals surface area contributed by atoms with Gasteiger partial charge >= 0.3 is 0 Å². The number of rotatable bonds is 8. The molecule has 1 saturated heterocycles. The number of ether oxygens (including phenoxy) is 1. The fourth-order valence-electron chi connectivity index (χ4n) is 2.56. The van der Waals surface area contributed by atoms with Crippen LogP contribution in [0, 0.1) is 0 Å². The van der Waals surface area contributed by atoms with Gasteiger partial charge in [-0.1, -0.05) is 13.8 Å². The first-order valence-electron chi connectivity index (χ1n) is 7.54. The molecule has 0 unspecified atom stereocenters. The zero-order valence-corrected chi connectivity index (χ0v) is 13.8. The molecule has 0 bridgehead atoms. The molecule has 0 saturated carbocycles. The second-order valence-corrected chi connectivity index (χ2v) is 6.97. The molecule has 0 amide bonds. The van der Waals surface area contributed by atoms with Gasteiger partial charge in [0.05, 0.1) is 6.61 Å². The first-order chi connectivity index (χ1) is 9.57. The van der Waals surface area contributed by atoms with Crippen molar-refractivity contribution in [1.82, 2.24) is 13.9 Å². The van der Waals surface area contributed by atoms with Gasteiger partial charge in [-0.15, -0.1) is 0 Å². The Bertz CT molecular complexity index is 350. The number of hydrogen-bond acceptors (Lipinski definition) is 4. The summed E-state index contributed by atoms with van der Waals surface area (Å²) >= 11 is 0. The van der Waals surface area contributed by atoms with Gasteiger partial charge in [0, 0.05) is 39.3 Å². The van der Waals surface area contributed by atoms with E-state index in [9.17, 15) is 8.42 Å². The molecule has 1 aliphatic heterocycles. The third-order valence-corrected chi connectivity index (χ3v) is 5.88. The average Bonchev–Trinajstić information content (AvgIpc) is 2.72. The fraction of sp³-hybridized carbons (Fsp3) is 1.00. The van der Waals surface area contributed by atoms with Crippen LogP contribution in [0.1, 0.15) is 33.1 Å². The van der Waals surface area contributed by atoms with E-state index >= 15 is 0 Å². The van der Waals surface area contributed by atoms with Crippen molar-refractivity contribution in [3.05, 3.63) is 0 Å². The highest BCUT2D eigenvalue weighted by molar-refractivity contribution is 7.86. The molecule has 0 radical (unpaired) electrons. The minimum atomic E-state index is -3.40. The van der Waals surface area contributed by atoms with Gasteiger partial charge in [0.1, 0.15) is 0 Å². The Labute approximate surface area is 123 Å². The number of nitrogens with zero attached hydrogens (tertiary/aromatic N) is 2. The lowest BCUT2D eigenvalue weighted by molar-refractivity contribution is 0.158. The van der Waals surface area contributed by atoms with Crippen molar-refractivity contribution >= 4 is 10.2 Å². The molecule has 1 aliphatic rings. The maximum absolute atomic E-state index is 12.9. The molecule has 6 nitrogen and oxygen atoms in total. The maximum atomic E-state index is 12.9. The van der Waals surface area contributed by atoms with Crippen LogP contribution in [0.15, 0.2) is 0 Å². The van der Waals surface area contributed by atoms with Crippen molar-refractivity contribution in [2.24, 2.45) is 0 Å². The summed E-state index contributed by atoms with van der Waals surface area (Å²) < 4.78 is 34.1. The Hall–Kier alpha value is -0.210. The van der Waals surface area contributed by atoms with Crippen LogP contribution in [0.2, 0.25) is 0 Å². The van der Waals surface area contributed by atoms with Crippen LogP contribution in [0.5, 0.6) is 0 Å². The minimum absolute atomic E-state index is 0.0476. The lowest BCUT2D eigenvalue weighted by Gasteiger charge is -2.34. The minimum Gasteiger partial charge on any atom is -0.383 e. The summed E-state index contributed by atoms with van der Waals surface area (Å²) in [5, 5.41) is 3.24. The topological polar surface area (TPSA) is 61.9 Å². The molecular formula is C13H29N3O3S. The fourth-order valence-corrected chi connectivity index (χ4v) is 4.52. The van der Waals surface area contributed by atoms with E-state index in [0.29, 0.717) is 26.2 Å². The largest absolute Gasteiger partial charge is 0.383 e. The Morgan fingerprint density at radius 1 is 1.25 bits per heavy atom. The normalized spacial score (nSPS) is 18.6. The molecule has 0 spiro atoms. The monoisotopic (exact) mass is 307 g/mol. The van der Waals surface area contributed by atoms with Gasteiger partial charge in [0.25, 0.3) is 10.2 Å². The van der Waals surface area contributed by atoms with E-state index in [1.165, 1.54) is 0 Å². The number of methoxy groups -OCH3 is 1. The molecule has 1 N–H and O–H groups in total. The van der Waals surface area contributed by atoms with E-state index in [2.05, 4.69) is 5.32 Å². The van der Waals surface area contributed by atoms with Crippen LogP contribution in [-0.2, 0) is 14.9 Å². The molecule has 1 rings (SSSR count). The SMILES string of the molecule is CCC(CC)N(CCOC)S(=O)(=O)N1CCCNCC1. The van der Waals surface area contributed by atoms with Gasteiger partial charge in [0.15, 0.2) is 0 Å². The van der Waals surface area contributed by atoms with Crippen molar-refractivity contribution in [3.8, 4) is 0 Å². The summed E-state index contributed by atoms with van der Waals surface area (Å²) in [6, 6.07) is 0.0476. The van der Waals surface area contributed by atoms with Crippen molar-refractivity contribution < 1.29 is 13.2 Å². The standard InChI is InChI=1S/C13H29N3O3S/c1-4-13(5-2)16(11-12-19-3)20(17,18)15-9-6-7-14-8-10-15/h13-14H,4-12H2,1-3H3. The summed E-state index contributed by atoms with van der Waals surface area (Å²) in [5.74, 6) is 0. The van der Waals surface area contributed by atoms with Gasteiger partial charge in [-0.05, 0) is 25.8 Å². The quantitative estimate of drug-likeness (QED) is 0.716. The predicted octanol–water partition coefficient (Wildman–Crippen LogP) is 0.664. The molecule has 1 fully saturated rings. The average molecular weight is 307 g/mol. The molecule has 0 aromatic rings. The lowest BCUT2D eigenvalue weighted by atomic mass is 10.2. The molecule has 0 aromatic carbocycles. The van der Waals surface area contributed by atoms with E-state index in [4.69, 9.17) is 4.74 Å². The van der Waals surface area contributed by atoms with Crippen LogP contribution in [-0.4, -0.2) is 69.5 Å². The molecule has 20 heavy (non-hydrogen) atoms. The molecule has 0 aliphatic carbocycles. The van der Waals surface area contributed by atoms with E-state index < -0.39 is 10.2 Å². The summed E-state index contributed by atoms with van der Waals surface area (Å²) in [7, 11) is -1.79. The van der Waals surface area contributed by atoms with E-state index in [1.54, 1.807) is 15.7 Å². The van der Waals surface area contributed by atoms with Crippen LogP contribution in [0.25, 0.3) is 0 Å². The third-order valence-electron chi connectivity index (χ3n) is 3.79. The highest BCUT2D eigenvalue weighted by Crippen LogP contribution is 2.18. The van der Waals surface area contributed by atoms with Gasteiger partial charge in [0.2, 0.25) is 0 Å². The van der Waals surface area contributed by atoms with Crippen LogP contribution < -0.4 is 5.32 Å². The Morgan fingerprint density at radius 3 is 2.55 bits per heavy atom. The van der Waals surface area contributed by atoms with Crippen molar-refractivity contribution in [1.29, 1.82) is 0 Å². The van der Waals surface area contributed by atoms with E-state index in [1.807, 2.05) is 13.8 Å². The second kappa shape index (κ2) is 8.94. The molecule has 7 heteroatoms. The van der Waals surface area contributed by atoms with Crippen LogP contribution in [0.4, 0.5) is 0 Å². The smallest absolute Gasteiger partial charge is 0.282 e. The molecular weight excluding hydrogens is 278 g/mol. The predicted molar refractivity (Wildman–Crippen MR) is 80.9 cm³/mol. The first-order valence-corrected chi connectivity index (χ1v) is 8.94. The van der Waals surface area contributed by atoms with Crippen molar-refractivity contribution in [3.63, 3.8) is 0 Å². The summed E-state index contributed by atoms with van der Waals surface area (Å²) in [4.78, 5) is 0. The van der Waals surface area contributed by atoms with Gasteiger partial charge < -0.3 is 10.1 Å². The number of hydrogen-bond donors (Lipinski definition) is 1. The lowest BCUT2D eigenvalue weighted by Crippen LogP contribution is -2.50. The van der Waals surface area contributed by atoms with E-state index in [-0.39, 0.29) is 6.04 Å². The third kappa shape index (κ3) is 4.66. The molecule has 120 valence electrons. The Kier molecular flexibility index (Phi) is 7.98. The van der Waals surface area contributed by atoms with Crippen molar-refractivity contribution in [2.45, 2.75) is 39.2 Å². The van der Waals surface area contributed by atoms with E-state index in [0.717, 1.165) is 32.4 Å². The Morgan fingerprint density at radius 2 is 1.95 bits per heavy atom.